The van der Waals surface area contributed by atoms with E-state index in [9.17, 15) is 24.3 Å². The highest BCUT2D eigenvalue weighted by Gasteiger charge is 2.55. The number of amides is 4. The minimum absolute atomic E-state index is 0.0106. The first-order chi connectivity index (χ1) is 11.1. The molecule has 134 valence electrons. The molecule has 4 amide bonds. The van der Waals surface area contributed by atoms with Gasteiger partial charge >= 0.3 is 12.0 Å². The molecular formula is C15H23N3O6. The number of aliphatic carboxylic acids is 1. The lowest BCUT2D eigenvalue weighted by Crippen LogP contribution is -2.54. The SMILES string of the molecule is CC1CCCCC12NC(=O)N(CC(=O)NCC(C)(O)C(=O)O)C2=O. The Labute approximate surface area is 139 Å². The fourth-order valence-electron chi connectivity index (χ4n) is 3.18. The zero-order chi connectivity index (χ0) is 18.1. The Morgan fingerprint density at radius 2 is 2.08 bits per heavy atom. The highest BCUT2D eigenvalue weighted by atomic mass is 16.4. The van der Waals surface area contributed by atoms with E-state index in [2.05, 4.69) is 10.6 Å². The van der Waals surface area contributed by atoms with Crippen LogP contribution in [0.2, 0.25) is 0 Å². The smallest absolute Gasteiger partial charge is 0.337 e. The lowest BCUT2D eigenvalue weighted by Gasteiger charge is -2.36. The molecule has 24 heavy (non-hydrogen) atoms. The molecule has 2 aliphatic rings. The van der Waals surface area contributed by atoms with Crippen LogP contribution in [0.15, 0.2) is 0 Å². The second-order valence-corrected chi connectivity index (χ2v) is 6.80. The Morgan fingerprint density at radius 3 is 2.67 bits per heavy atom. The maximum Gasteiger partial charge on any atom is 0.337 e. The highest BCUT2D eigenvalue weighted by molar-refractivity contribution is 6.09. The van der Waals surface area contributed by atoms with Crippen molar-refractivity contribution in [1.29, 1.82) is 0 Å². The average Bonchev–Trinajstić information content (AvgIpc) is 2.73. The lowest BCUT2D eigenvalue weighted by atomic mass is 9.73. The van der Waals surface area contributed by atoms with Gasteiger partial charge in [-0.2, -0.15) is 0 Å². The van der Waals surface area contributed by atoms with Crippen molar-refractivity contribution in [1.82, 2.24) is 15.5 Å². The van der Waals surface area contributed by atoms with E-state index >= 15 is 0 Å². The van der Waals surface area contributed by atoms with Crippen LogP contribution in [0.4, 0.5) is 4.79 Å². The van der Waals surface area contributed by atoms with Crippen LogP contribution in [0.1, 0.15) is 39.5 Å². The van der Waals surface area contributed by atoms with E-state index < -0.39 is 48.0 Å². The number of nitrogens with zero attached hydrogens (tertiary/aromatic N) is 1. The molecule has 9 heteroatoms. The van der Waals surface area contributed by atoms with Crippen LogP contribution in [-0.2, 0) is 14.4 Å². The summed E-state index contributed by atoms with van der Waals surface area (Å²) in [7, 11) is 0. The third-order valence-corrected chi connectivity index (χ3v) is 4.89. The van der Waals surface area contributed by atoms with Crippen LogP contribution in [0.25, 0.3) is 0 Å². The number of carboxylic acid groups (broad SMARTS) is 1. The normalized spacial score (nSPS) is 29.3. The van der Waals surface area contributed by atoms with Gasteiger partial charge < -0.3 is 20.8 Å². The first-order valence-electron chi connectivity index (χ1n) is 7.97. The topological polar surface area (TPSA) is 136 Å². The van der Waals surface area contributed by atoms with Crippen LogP contribution >= 0.6 is 0 Å². The van der Waals surface area contributed by atoms with Gasteiger partial charge in [-0.05, 0) is 25.7 Å². The Kier molecular flexibility index (Phi) is 4.84. The van der Waals surface area contributed by atoms with Gasteiger partial charge in [-0.1, -0.05) is 19.8 Å². The summed E-state index contributed by atoms with van der Waals surface area (Å²) >= 11 is 0. The monoisotopic (exact) mass is 341 g/mol. The maximum atomic E-state index is 12.7. The number of urea groups is 1. The Balaban J connectivity index is 2.00. The molecule has 2 rings (SSSR count). The van der Waals surface area contributed by atoms with Gasteiger partial charge in [0.15, 0.2) is 5.60 Å². The number of aliphatic hydroxyl groups is 1. The number of carboxylic acids is 1. The molecule has 1 saturated carbocycles. The van der Waals surface area contributed by atoms with Crippen molar-refractivity contribution in [2.24, 2.45) is 5.92 Å². The number of carbonyl (C=O) groups is 4. The fourth-order valence-corrected chi connectivity index (χ4v) is 3.18. The summed E-state index contributed by atoms with van der Waals surface area (Å²) in [5.74, 6) is -2.61. The summed E-state index contributed by atoms with van der Waals surface area (Å²) in [6.07, 6.45) is 3.20. The molecule has 0 aromatic rings. The Hall–Kier alpha value is -2.16. The second-order valence-electron chi connectivity index (χ2n) is 6.80. The van der Waals surface area contributed by atoms with Crippen molar-refractivity contribution in [3.8, 4) is 0 Å². The van der Waals surface area contributed by atoms with Crippen LogP contribution < -0.4 is 10.6 Å². The third-order valence-electron chi connectivity index (χ3n) is 4.89. The van der Waals surface area contributed by atoms with Gasteiger partial charge in [-0.25, -0.2) is 9.59 Å². The van der Waals surface area contributed by atoms with Crippen LogP contribution in [0, 0.1) is 5.92 Å². The maximum absolute atomic E-state index is 12.7. The van der Waals surface area contributed by atoms with Crippen LogP contribution in [0.5, 0.6) is 0 Å². The molecule has 9 nitrogen and oxygen atoms in total. The predicted octanol–water partition coefficient (Wildman–Crippen LogP) is -0.561. The van der Waals surface area contributed by atoms with Crippen molar-refractivity contribution >= 4 is 23.8 Å². The van der Waals surface area contributed by atoms with E-state index in [0.29, 0.717) is 6.42 Å². The Morgan fingerprint density at radius 1 is 1.42 bits per heavy atom. The zero-order valence-corrected chi connectivity index (χ0v) is 13.8. The van der Waals surface area contributed by atoms with Gasteiger partial charge in [0.1, 0.15) is 12.1 Å². The Bertz CT molecular complexity index is 576. The molecule has 2 fully saturated rings. The molecule has 4 N–H and O–H groups in total. The molecule has 0 radical (unpaired) electrons. The number of imide groups is 1. The van der Waals surface area contributed by atoms with Crippen LogP contribution in [0.3, 0.4) is 0 Å². The minimum Gasteiger partial charge on any atom is -0.479 e. The standard InChI is InChI=1S/C15H23N3O6/c1-9-5-3-4-6-15(9)11(20)18(13(23)17-15)7-10(19)16-8-14(2,24)12(21)22/h9,24H,3-8H2,1-2H3,(H,16,19)(H,17,23)(H,21,22). The number of nitrogens with one attached hydrogen (secondary N) is 2. The minimum atomic E-state index is -2.12. The molecule has 0 aromatic carbocycles. The van der Waals surface area contributed by atoms with E-state index in [4.69, 9.17) is 5.11 Å². The van der Waals surface area contributed by atoms with Crippen molar-refractivity contribution < 1.29 is 29.4 Å². The van der Waals surface area contributed by atoms with Gasteiger partial charge in [0.2, 0.25) is 5.91 Å². The average molecular weight is 341 g/mol. The lowest BCUT2D eigenvalue weighted by molar-refractivity contribution is -0.156. The second kappa shape index (κ2) is 6.39. The summed E-state index contributed by atoms with van der Waals surface area (Å²) in [4.78, 5) is 48.4. The van der Waals surface area contributed by atoms with Gasteiger partial charge in [0.05, 0.1) is 6.54 Å². The molecule has 1 spiro atoms. The van der Waals surface area contributed by atoms with Crippen molar-refractivity contribution in [2.45, 2.75) is 50.7 Å². The number of rotatable bonds is 5. The summed E-state index contributed by atoms with van der Waals surface area (Å²) in [5.41, 5.74) is -3.06. The fraction of sp³-hybridized carbons (Fsp3) is 0.733. The number of hydrogen-bond acceptors (Lipinski definition) is 5. The summed E-state index contributed by atoms with van der Waals surface area (Å²) < 4.78 is 0. The molecule has 1 aliphatic carbocycles. The number of carbonyl (C=O) groups excluding carboxylic acids is 3. The van der Waals surface area contributed by atoms with Gasteiger partial charge in [0.25, 0.3) is 5.91 Å². The summed E-state index contributed by atoms with van der Waals surface area (Å²) in [6, 6.07) is -0.617. The number of hydrogen-bond donors (Lipinski definition) is 4. The van der Waals surface area contributed by atoms with Crippen molar-refractivity contribution in [2.75, 3.05) is 13.1 Å². The van der Waals surface area contributed by atoms with Gasteiger partial charge in [-0.3, -0.25) is 14.5 Å². The molecule has 3 unspecified atom stereocenters. The summed E-state index contributed by atoms with van der Waals surface area (Å²) in [5, 5.41) is 23.3. The molecule has 0 aromatic heterocycles. The molecular weight excluding hydrogens is 318 g/mol. The summed E-state index contributed by atoms with van der Waals surface area (Å²) in [6.45, 7) is 1.92. The molecule has 3 atom stereocenters. The molecule has 1 saturated heterocycles. The largest absolute Gasteiger partial charge is 0.479 e. The quantitative estimate of drug-likeness (QED) is 0.495. The van der Waals surface area contributed by atoms with Gasteiger partial charge in [-0.15, -0.1) is 0 Å². The van der Waals surface area contributed by atoms with E-state index in [1.807, 2.05) is 6.92 Å². The molecule has 1 heterocycles. The van der Waals surface area contributed by atoms with Gasteiger partial charge in [0, 0.05) is 0 Å². The van der Waals surface area contributed by atoms with E-state index in [0.717, 1.165) is 31.1 Å². The predicted molar refractivity (Wildman–Crippen MR) is 81.9 cm³/mol. The highest BCUT2D eigenvalue weighted by Crippen LogP contribution is 2.38. The van der Waals surface area contributed by atoms with E-state index in [1.165, 1.54) is 0 Å². The zero-order valence-electron chi connectivity index (χ0n) is 13.8. The third kappa shape index (κ3) is 3.21. The van der Waals surface area contributed by atoms with Crippen molar-refractivity contribution in [3.63, 3.8) is 0 Å². The van der Waals surface area contributed by atoms with E-state index in [1.54, 1.807) is 0 Å². The molecule has 0 bridgehead atoms. The van der Waals surface area contributed by atoms with Crippen molar-refractivity contribution in [3.05, 3.63) is 0 Å². The van der Waals surface area contributed by atoms with E-state index in [-0.39, 0.29) is 5.92 Å². The first-order valence-corrected chi connectivity index (χ1v) is 7.97. The molecule has 1 aliphatic heterocycles. The van der Waals surface area contributed by atoms with Crippen LogP contribution in [-0.4, -0.2) is 63.2 Å². The first kappa shape index (κ1) is 18.2.